The van der Waals surface area contributed by atoms with Gasteiger partial charge in [0.1, 0.15) is 17.3 Å². The van der Waals surface area contributed by atoms with Gasteiger partial charge in [0.2, 0.25) is 0 Å². The molecule has 1 N–H and O–H groups in total. The van der Waals surface area contributed by atoms with E-state index in [2.05, 4.69) is 11.1 Å². The third-order valence-corrected chi connectivity index (χ3v) is 2.75. The second-order valence-corrected chi connectivity index (χ2v) is 5.08. The molecular weight excluding hydrogens is 212 g/mol. The van der Waals surface area contributed by atoms with Crippen LogP contribution in [0, 0.1) is 11.3 Å². The first-order chi connectivity index (χ1) is 7.95. The van der Waals surface area contributed by atoms with Gasteiger partial charge in [0, 0.05) is 11.6 Å². The van der Waals surface area contributed by atoms with Crippen LogP contribution in [-0.4, -0.2) is 10.1 Å². The van der Waals surface area contributed by atoms with Crippen molar-refractivity contribution < 1.29 is 5.11 Å². The molecule has 0 aliphatic heterocycles. The summed E-state index contributed by atoms with van der Waals surface area (Å²) in [5.41, 5.74) is 1.88. The van der Waals surface area contributed by atoms with Gasteiger partial charge >= 0.3 is 0 Å². The quantitative estimate of drug-likeness (QED) is 0.750. The van der Waals surface area contributed by atoms with E-state index in [9.17, 15) is 5.11 Å². The maximum Gasteiger partial charge on any atom is 0.141 e. The molecule has 0 amide bonds. The van der Waals surface area contributed by atoms with E-state index in [1.165, 1.54) is 6.20 Å². The summed E-state index contributed by atoms with van der Waals surface area (Å²) in [6, 6.07) is 7.44. The number of hydrogen-bond donors (Lipinski definition) is 1. The van der Waals surface area contributed by atoms with E-state index in [1.54, 1.807) is 12.1 Å². The highest BCUT2D eigenvalue weighted by Gasteiger charge is 2.22. The molecule has 0 fully saturated rings. The Bertz CT molecular complexity index is 618. The fraction of sp³-hybridized carbons (Fsp3) is 0.286. The minimum atomic E-state index is -0.167. The number of rotatable bonds is 0. The lowest BCUT2D eigenvalue weighted by molar-refractivity contribution is 0.480. The van der Waals surface area contributed by atoms with E-state index in [-0.39, 0.29) is 11.2 Å². The van der Waals surface area contributed by atoms with Gasteiger partial charge in [0.25, 0.3) is 0 Å². The Hall–Kier alpha value is -2.08. The summed E-state index contributed by atoms with van der Waals surface area (Å²) in [7, 11) is 0. The van der Waals surface area contributed by atoms with Crippen LogP contribution in [0.1, 0.15) is 31.9 Å². The first-order valence-electron chi connectivity index (χ1n) is 5.46. The molecule has 1 aromatic heterocycles. The van der Waals surface area contributed by atoms with Gasteiger partial charge < -0.3 is 5.11 Å². The second-order valence-electron chi connectivity index (χ2n) is 5.08. The topological polar surface area (TPSA) is 56.9 Å². The van der Waals surface area contributed by atoms with Gasteiger partial charge in [-0.1, -0.05) is 32.9 Å². The number of fused-ring (bicyclic) bond motifs is 1. The van der Waals surface area contributed by atoms with Crippen molar-refractivity contribution in [3.63, 3.8) is 0 Å². The zero-order valence-electron chi connectivity index (χ0n) is 10.2. The Balaban J connectivity index is 2.96. The molecule has 86 valence electrons. The van der Waals surface area contributed by atoms with Gasteiger partial charge in [-0.3, -0.25) is 4.98 Å². The standard InChI is InChI=1S/C14H14N2O/c1-14(2,3)12-9(7-15)8-16-13-10(12)5-4-6-11(13)17/h4-6,8,17H,1-3H3. The van der Waals surface area contributed by atoms with Crippen molar-refractivity contribution in [3.05, 3.63) is 35.5 Å². The van der Waals surface area contributed by atoms with E-state index in [0.29, 0.717) is 11.1 Å². The van der Waals surface area contributed by atoms with E-state index in [0.717, 1.165) is 10.9 Å². The molecule has 3 nitrogen and oxygen atoms in total. The maximum absolute atomic E-state index is 9.78. The number of phenolic OH excluding ortho intramolecular Hbond substituents is 1. The molecule has 2 aromatic rings. The summed E-state index contributed by atoms with van der Waals surface area (Å²) < 4.78 is 0. The molecule has 0 aliphatic rings. The summed E-state index contributed by atoms with van der Waals surface area (Å²) in [6.07, 6.45) is 1.53. The third-order valence-electron chi connectivity index (χ3n) is 2.75. The summed E-state index contributed by atoms with van der Waals surface area (Å²) in [5, 5.41) is 19.8. The molecule has 2 rings (SSSR count). The van der Waals surface area contributed by atoms with Crippen LogP contribution in [-0.2, 0) is 5.41 Å². The molecule has 17 heavy (non-hydrogen) atoms. The highest BCUT2D eigenvalue weighted by Crippen LogP contribution is 2.34. The summed E-state index contributed by atoms with van der Waals surface area (Å²) in [4.78, 5) is 4.15. The van der Waals surface area contributed by atoms with Crippen LogP contribution in [0.25, 0.3) is 10.9 Å². The van der Waals surface area contributed by atoms with Crippen molar-refractivity contribution in [1.29, 1.82) is 5.26 Å². The second kappa shape index (κ2) is 3.74. The minimum Gasteiger partial charge on any atom is -0.506 e. The Morgan fingerprint density at radius 2 is 2.00 bits per heavy atom. The number of phenols is 1. The van der Waals surface area contributed by atoms with Gasteiger partial charge in [0.15, 0.2) is 0 Å². The lowest BCUT2D eigenvalue weighted by atomic mass is 9.82. The highest BCUT2D eigenvalue weighted by molar-refractivity contribution is 5.89. The summed E-state index contributed by atoms with van der Waals surface area (Å²) in [6.45, 7) is 6.14. The predicted octanol–water partition coefficient (Wildman–Crippen LogP) is 3.11. The van der Waals surface area contributed by atoms with Crippen LogP contribution in [0.5, 0.6) is 5.75 Å². The molecule has 0 atom stereocenters. The maximum atomic E-state index is 9.78. The normalized spacial score (nSPS) is 11.4. The molecule has 0 saturated heterocycles. The fourth-order valence-corrected chi connectivity index (χ4v) is 2.10. The van der Waals surface area contributed by atoms with Gasteiger partial charge in [-0.25, -0.2) is 0 Å². The number of nitrogens with zero attached hydrogens (tertiary/aromatic N) is 2. The monoisotopic (exact) mass is 226 g/mol. The summed E-state index contributed by atoms with van der Waals surface area (Å²) >= 11 is 0. The molecule has 0 saturated carbocycles. The molecule has 3 heteroatoms. The van der Waals surface area contributed by atoms with Crippen molar-refractivity contribution in [3.8, 4) is 11.8 Å². The van der Waals surface area contributed by atoms with Crippen molar-refractivity contribution >= 4 is 10.9 Å². The zero-order valence-corrected chi connectivity index (χ0v) is 10.2. The van der Waals surface area contributed by atoms with Crippen molar-refractivity contribution in [1.82, 2.24) is 4.98 Å². The lowest BCUT2D eigenvalue weighted by Crippen LogP contribution is -2.14. The Labute approximate surface area is 100 Å². The molecule has 0 bridgehead atoms. The van der Waals surface area contributed by atoms with Gasteiger partial charge in [0.05, 0.1) is 5.56 Å². The molecule has 0 aliphatic carbocycles. The smallest absolute Gasteiger partial charge is 0.141 e. The molecule has 0 radical (unpaired) electrons. The Morgan fingerprint density at radius 1 is 1.29 bits per heavy atom. The average molecular weight is 226 g/mol. The van der Waals surface area contributed by atoms with Gasteiger partial charge in [-0.05, 0) is 17.0 Å². The van der Waals surface area contributed by atoms with Crippen molar-refractivity contribution in [2.75, 3.05) is 0 Å². The van der Waals surface area contributed by atoms with Crippen LogP contribution in [0.15, 0.2) is 24.4 Å². The van der Waals surface area contributed by atoms with Crippen LogP contribution in [0.3, 0.4) is 0 Å². The Morgan fingerprint density at radius 3 is 2.59 bits per heavy atom. The van der Waals surface area contributed by atoms with Gasteiger partial charge in [-0.15, -0.1) is 0 Å². The van der Waals surface area contributed by atoms with Crippen LogP contribution < -0.4 is 0 Å². The number of aromatic hydroxyl groups is 1. The van der Waals surface area contributed by atoms with E-state index in [4.69, 9.17) is 5.26 Å². The lowest BCUT2D eigenvalue weighted by Gasteiger charge is -2.22. The summed E-state index contributed by atoms with van der Waals surface area (Å²) in [5.74, 6) is 0.150. The van der Waals surface area contributed by atoms with Crippen LogP contribution in [0.4, 0.5) is 0 Å². The molecule has 0 spiro atoms. The highest BCUT2D eigenvalue weighted by atomic mass is 16.3. The van der Waals surface area contributed by atoms with Crippen LogP contribution in [0.2, 0.25) is 0 Å². The van der Waals surface area contributed by atoms with E-state index < -0.39 is 0 Å². The first-order valence-corrected chi connectivity index (χ1v) is 5.46. The largest absolute Gasteiger partial charge is 0.506 e. The third kappa shape index (κ3) is 1.83. The van der Waals surface area contributed by atoms with E-state index >= 15 is 0 Å². The molecule has 1 aromatic carbocycles. The average Bonchev–Trinajstić information content (AvgIpc) is 2.26. The number of hydrogen-bond acceptors (Lipinski definition) is 3. The first kappa shape index (κ1) is 11.4. The number of pyridine rings is 1. The molecular formula is C14H14N2O. The minimum absolute atomic E-state index is 0.150. The number of aromatic nitrogens is 1. The molecule has 0 unspecified atom stereocenters. The SMILES string of the molecule is CC(C)(C)c1c(C#N)cnc2c(O)cccc12. The number of para-hydroxylation sites is 1. The van der Waals surface area contributed by atoms with E-state index in [1.807, 2.05) is 26.8 Å². The van der Waals surface area contributed by atoms with Gasteiger partial charge in [-0.2, -0.15) is 5.26 Å². The Kier molecular flexibility index (Phi) is 2.51. The fourth-order valence-electron chi connectivity index (χ4n) is 2.10. The predicted molar refractivity (Wildman–Crippen MR) is 66.8 cm³/mol. The molecule has 1 heterocycles. The zero-order chi connectivity index (χ0) is 12.6. The van der Waals surface area contributed by atoms with Crippen LogP contribution >= 0.6 is 0 Å². The number of nitriles is 1. The van der Waals surface area contributed by atoms with Crippen molar-refractivity contribution in [2.24, 2.45) is 0 Å². The number of benzene rings is 1. The van der Waals surface area contributed by atoms with Crippen molar-refractivity contribution in [2.45, 2.75) is 26.2 Å².